The van der Waals surface area contributed by atoms with Crippen LogP contribution in [0, 0.1) is 0 Å². The fourth-order valence-electron chi connectivity index (χ4n) is 1.22. The molecule has 0 aromatic heterocycles. The molecule has 7 heteroatoms. The largest absolute Gasteiger partial charge is 0.454 e. The van der Waals surface area contributed by atoms with Crippen LogP contribution in [0.4, 0.5) is 0 Å². The third-order valence-electron chi connectivity index (χ3n) is 1.83. The molecule has 1 aromatic rings. The molecule has 0 saturated heterocycles. The Morgan fingerprint density at radius 3 is 2.94 bits per heavy atom. The fraction of sp³-hybridized carbons (Fsp3) is 0.111. The van der Waals surface area contributed by atoms with E-state index < -0.39 is 0 Å². The van der Waals surface area contributed by atoms with Gasteiger partial charge in [-0.15, -0.1) is 5.10 Å². The van der Waals surface area contributed by atoms with Crippen LogP contribution in [0.2, 0.25) is 5.02 Å². The van der Waals surface area contributed by atoms with E-state index in [0.717, 1.165) is 5.56 Å². The zero-order chi connectivity index (χ0) is 11.5. The Hall–Kier alpha value is -1.95. The number of guanidine groups is 1. The van der Waals surface area contributed by atoms with Gasteiger partial charge in [-0.05, 0) is 12.1 Å². The second kappa shape index (κ2) is 4.28. The van der Waals surface area contributed by atoms with Crippen molar-refractivity contribution in [1.82, 2.24) is 0 Å². The monoisotopic (exact) mass is 240 g/mol. The lowest BCUT2D eigenvalue weighted by atomic mass is 10.2. The van der Waals surface area contributed by atoms with Gasteiger partial charge in [0.1, 0.15) is 0 Å². The summed E-state index contributed by atoms with van der Waals surface area (Å²) in [7, 11) is 0. The van der Waals surface area contributed by atoms with E-state index in [-0.39, 0.29) is 12.8 Å². The standard InChI is InChI=1S/C9H9ClN4O2/c10-6-1-5(3-13-14-9(11)12)2-7-8(6)16-4-15-7/h1-3H,4H2,(H4,11,12,14)/b13-3+. The van der Waals surface area contributed by atoms with Crippen LogP contribution < -0.4 is 20.9 Å². The summed E-state index contributed by atoms with van der Waals surface area (Å²) in [6.07, 6.45) is 1.47. The number of nitrogens with zero attached hydrogens (tertiary/aromatic N) is 2. The summed E-state index contributed by atoms with van der Waals surface area (Å²) in [5.41, 5.74) is 11.0. The van der Waals surface area contributed by atoms with Gasteiger partial charge in [0.15, 0.2) is 11.5 Å². The highest BCUT2D eigenvalue weighted by atomic mass is 35.5. The quantitative estimate of drug-likeness (QED) is 0.451. The average molecular weight is 241 g/mol. The molecule has 1 aliphatic rings. The van der Waals surface area contributed by atoms with E-state index in [1.54, 1.807) is 12.1 Å². The first-order valence-corrected chi connectivity index (χ1v) is 4.76. The highest BCUT2D eigenvalue weighted by Gasteiger charge is 2.17. The third-order valence-corrected chi connectivity index (χ3v) is 2.11. The van der Waals surface area contributed by atoms with Gasteiger partial charge >= 0.3 is 0 Å². The summed E-state index contributed by atoms with van der Waals surface area (Å²) in [6.45, 7) is 0.170. The van der Waals surface area contributed by atoms with Crippen molar-refractivity contribution < 1.29 is 9.47 Å². The van der Waals surface area contributed by atoms with Crippen LogP contribution >= 0.6 is 11.6 Å². The minimum absolute atomic E-state index is 0.108. The lowest BCUT2D eigenvalue weighted by Crippen LogP contribution is -2.21. The van der Waals surface area contributed by atoms with E-state index in [0.29, 0.717) is 16.5 Å². The van der Waals surface area contributed by atoms with Crippen molar-refractivity contribution in [2.45, 2.75) is 0 Å². The van der Waals surface area contributed by atoms with Gasteiger partial charge in [0, 0.05) is 5.56 Å². The average Bonchev–Trinajstić information content (AvgIpc) is 2.65. The Morgan fingerprint density at radius 2 is 2.19 bits per heavy atom. The highest BCUT2D eigenvalue weighted by Crippen LogP contribution is 2.39. The maximum atomic E-state index is 5.96. The van der Waals surface area contributed by atoms with Gasteiger partial charge in [0.05, 0.1) is 11.2 Å². The number of rotatable bonds is 2. The van der Waals surface area contributed by atoms with Crippen molar-refractivity contribution in [2.75, 3.05) is 6.79 Å². The second-order valence-corrected chi connectivity index (χ2v) is 3.41. The number of benzene rings is 1. The minimum atomic E-state index is -0.108. The summed E-state index contributed by atoms with van der Waals surface area (Å²) >= 11 is 5.96. The lowest BCUT2D eigenvalue weighted by Gasteiger charge is -1.99. The van der Waals surface area contributed by atoms with Crippen LogP contribution in [-0.4, -0.2) is 19.0 Å². The van der Waals surface area contributed by atoms with E-state index in [4.69, 9.17) is 32.5 Å². The molecule has 0 bridgehead atoms. The van der Waals surface area contributed by atoms with Crippen LogP contribution in [0.25, 0.3) is 0 Å². The van der Waals surface area contributed by atoms with Gasteiger partial charge in [-0.2, -0.15) is 5.10 Å². The predicted octanol–water partition coefficient (Wildman–Crippen LogP) is 0.676. The van der Waals surface area contributed by atoms with Crippen LogP contribution in [-0.2, 0) is 0 Å². The fourth-order valence-corrected chi connectivity index (χ4v) is 1.50. The molecule has 6 nitrogen and oxygen atoms in total. The summed E-state index contributed by atoms with van der Waals surface area (Å²) in [6, 6.07) is 3.42. The van der Waals surface area contributed by atoms with Crippen LogP contribution in [0.15, 0.2) is 22.3 Å². The van der Waals surface area contributed by atoms with Gasteiger partial charge in [0.25, 0.3) is 0 Å². The molecule has 4 N–H and O–H groups in total. The molecule has 16 heavy (non-hydrogen) atoms. The van der Waals surface area contributed by atoms with Gasteiger partial charge in [-0.1, -0.05) is 11.6 Å². The number of hydrogen-bond acceptors (Lipinski definition) is 4. The smallest absolute Gasteiger partial charge is 0.231 e. The molecule has 1 aromatic carbocycles. The number of fused-ring (bicyclic) bond motifs is 1. The van der Waals surface area contributed by atoms with Crippen molar-refractivity contribution >= 4 is 23.8 Å². The van der Waals surface area contributed by atoms with Gasteiger partial charge < -0.3 is 20.9 Å². The zero-order valence-corrected chi connectivity index (χ0v) is 8.94. The molecule has 0 atom stereocenters. The Labute approximate surface area is 96.5 Å². The molecule has 1 heterocycles. The predicted molar refractivity (Wildman–Crippen MR) is 61.0 cm³/mol. The number of nitrogens with two attached hydrogens (primary N) is 2. The number of halogens is 1. The molecular weight excluding hydrogens is 232 g/mol. The number of hydrogen-bond donors (Lipinski definition) is 2. The summed E-state index contributed by atoms with van der Waals surface area (Å²) in [5, 5.41) is 7.59. The second-order valence-electron chi connectivity index (χ2n) is 3.01. The Balaban J connectivity index is 2.27. The highest BCUT2D eigenvalue weighted by molar-refractivity contribution is 6.32. The first-order valence-electron chi connectivity index (χ1n) is 4.38. The van der Waals surface area contributed by atoms with E-state index >= 15 is 0 Å². The molecule has 1 aliphatic heterocycles. The molecule has 0 fully saturated rings. The summed E-state index contributed by atoms with van der Waals surface area (Å²) in [4.78, 5) is 0. The molecule has 2 rings (SSSR count). The van der Waals surface area contributed by atoms with Crippen LogP contribution in [0.5, 0.6) is 11.5 Å². The molecule has 84 valence electrons. The topological polar surface area (TPSA) is 95.2 Å². The zero-order valence-electron chi connectivity index (χ0n) is 8.18. The first kappa shape index (κ1) is 10.6. The molecule has 0 unspecified atom stereocenters. The van der Waals surface area contributed by atoms with E-state index in [9.17, 15) is 0 Å². The van der Waals surface area contributed by atoms with Crippen LogP contribution in [0.3, 0.4) is 0 Å². The van der Waals surface area contributed by atoms with Crippen molar-refractivity contribution in [1.29, 1.82) is 0 Å². The maximum Gasteiger partial charge on any atom is 0.231 e. The molecule has 0 amide bonds. The van der Waals surface area contributed by atoms with Crippen molar-refractivity contribution in [3.8, 4) is 11.5 Å². The SMILES string of the molecule is NC(N)=N/N=C/c1cc(Cl)c2c(c1)OCO2. The van der Waals surface area contributed by atoms with Gasteiger partial charge in [-0.3, -0.25) is 0 Å². The first-order chi connectivity index (χ1) is 7.66. The van der Waals surface area contributed by atoms with Gasteiger partial charge in [-0.25, -0.2) is 0 Å². The van der Waals surface area contributed by atoms with E-state index in [2.05, 4.69) is 10.2 Å². The van der Waals surface area contributed by atoms with E-state index in [1.165, 1.54) is 6.21 Å². The molecule has 0 saturated carbocycles. The molecule has 0 spiro atoms. The van der Waals surface area contributed by atoms with E-state index in [1.807, 2.05) is 0 Å². The summed E-state index contributed by atoms with van der Waals surface area (Å²) < 4.78 is 10.4. The maximum absolute atomic E-state index is 5.96. The lowest BCUT2D eigenvalue weighted by molar-refractivity contribution is 0.174. The minimum Gasteiger partial charge on any atom is -0.454 e. The molecule has 0 radical (unpaired) electrons. The molecule has 0 aliphatic carbocycles. The third kappa shape index (κ3) is 2.17. The normalized spacial score (nSPS) is 13.1. The van der Waals surface area contributed by atoms with Crippen molar-refractivity contribution in [2.24, 2.45) is 21.7 Å². The Morgan fingerprint density at radius 1 is 1.38 bits per heavy atom. The number of ether oxygens (including phenoxy) is 2. The summed E-state index contributed by atoms with van der Waals surface area (Å²) in [5.74, 6) is 1.02. The van der Waals surface area contributed by atoms with Crippen LogP contribution in [0.1, 0.15) is 5.56 Å². The molecular formula is C9H9ClN4O2. The van der Waals surface area contributed by atoms with Crippen molar-refractivity contribution in [3.63, 3.8) is 0 Å². The Kier molecular flexibility index (Phi) is 2.82. The Bertz CT molecular complexity index is 469. The van der Waals surface area contributed by atoms with Gasteiger partial charge in [0.2, 0.25) is 12.8 Å². The van der Waals surface area contributed by atoms with Crippen molar-refractivity contribution in [3.05, 3.63) is 22.7 Å².